The number of benzene rings is 1. The van der Waals surface area contributed by atoms with Crippen molar-refractivity contribution in [2.75, 3.05) is 6.61 Å². The van der Waals surface area contributed by atoms with E-state index in [0.29, 0.717) is 17.5 Å². The van der Waals surface area contributed by atoms with Crippen LogP contribution in [0.15, 0.2) is 28.8 Å². The summed E-state index contributed by atoms with van der Waals surface area (Å²) < 4.78 is 10.7. The second-order valence-electron chi connectivity index (χ2n) is 5.74. The van der Waals surface area contributed by atoms with Gasteiger partial charge in [0.2, 0.25) is 11.7 Å². The van der Waals surface area contributed by atoms with Gasteiger partial charge in [-0.1, -0.05) is 18.5 Å². The molecule has 1 N–H and O–H groups in total. The topological polar surface area (TPSA) is 68.4 Å². The van der Waals surface area contributed by atoms with Gasteiger partial charge in [-0.3, -0.25) is 0 Å². The van der Waals surface area contributed by atoms with E-state index in [1.165, 1.54) is 0 Å². The molecule has 0 aliphatic carbocycles. The summed E-state index contributed by atoms with van der Waals surface area (Å²) in [6.07, 6.45) is 2.96. The van der Waals surface area contributed by atoms with E-state index in [2.05, 4.69) is 17.1 Å². The van der Waals surface area contributed by atoms with Crippen LogP contribution >= 0.6 is 0 Å². The molecule has 21 heavy (non-hydrogen) atoms. The lowest BCUT2D eigenvalue weighted by atomic mass is 10.1. The molecule has 0 saturated carbocycles. The van der Waals surface area contributed by atoms with Crippen LogP contribution in [-0.4, -0.2) is 27.5 Å². The van der Waals surface area contributed by atoms with Crippen molar-refractivity contribution < 1.29 is 14.4 Å². The van der Waals surface area contributed by atoms with Gasteiger partial charge in [0, 0.05) is 12.0 Å². The first-order chi connectivity index (χ1) is 9.98. The minimum absolute atomic E-state index is 0.246. The first-order valence-corrected chi connectivity index (χ1v) is 7.26. The van der Waals surface area contributed by atoms with Gasteiger partial charge in [-0.2, -0.15) is 4.98 Å². The molecule has 0 atom stereocenters. The number of ether oxygens (including phenoxy) is 1. The maximum absolute atomic E-state index is 9.63. The van der Waals surface area contributed by atoms with Crippen LogP contribution < -0.4 is 4.74 Å². The van der Waals surface area contributed by atoms with Crippen LogP contribution in [0.25, 0.3) is 11.4 Å². The first kappa shape index (κ1) is 15.5. The van der Waals surface area contributed by atoms with Crippen LogP contribution in [0.1, 0.15) is 39.5 Å². The minimum atomic E-state index is -0.847. The zero-order chi connectivity index (χ0) is 15.3. The Bertz CT molecular complexity index is 556. The average molecular weight is 290 g/mol. The fraction of sp³-hybridized carbons (Fsp3) is 0.500. The van der Waals surface area contributed by atoms with Crippen molar-refractivity contribution in [3.63, 3.8) is 0 Å². The molecule has 1 aromatic carbocycles. The number of aryl methyl sites for hydroxylation is 1. The molecule has 1 heterocycles. The molecule has 114 valence electrons. The lowest BCUT2D eigenvalue weighted by Crippen LogP contribution is -2.27. The van der Waals surface area contributed by atoms with E-state index in [1.54, 1.807) is 13.8 Å². The monoisotopic (exact) mass is 290 g/mol. The third kappa shape index (κ3) is 4.86. The smallest absolute Gasteiger partial charge is 0.226 e. The van der Waals surface area contributed by atoms with Gasteiger partial charge in [0.25, 0.3) is 0 Å². The number of hydrogen-bond acceptors (Lipinski definition) is 5. The largest absolute Gasteiger partial charge is 0.491 e. The molecular formula is C16H22N2O3. The van der Waals surface area contributed by atoms with Crippen molar-refractivity contribution in [2.24, 2.45) is 0 Å². The molecule has 0 saturated heterocycles. The minimum Gasteiger partial charge on any atom is -0.491 e. The maximum Gasteiger partial charge on any atom is 0.226 e. The van der Waals surface area contributed by atoms with Crippen molar-refractivity contribution in [2.45, 2.75) is 45.6 Å². The third-order valence-electron chi connectivity index (χ3n) is 2.92. The van der Waals surface area contributed by atoms with Crippen LogP contribution in [-0.2, 0) is 6.42 Å². The van der Waals surface area contributed by atoms with Gasteiger partial charge >= 0.3 is 0 Å². The Balaban J connectivity index is 1.99. The molecule has 0 fully saturated rings. The molecule has 0 radical (unpaired) electrons. The van der Waals surface area contributed by atoms with Crippen LogP contribution in [0, 0.1) is 0 Å². The van der Waals surface area contributed by atoms with Crippen molar-refractivity contribution in [3.8, 4) is 17.1 Å². The number of hydrogen-bond donors (Lipinski definition) is 1. The van der Waals surface area contributed by atoms with Gasteiger partial charge in [-0.05, 0) is 44.5 Å². The maximum atomic E-state index is 9.63. The summed E-state index contributed by atoms with van der Waals surface area (Å²) in [5, 5.41) is 13.6. The second-order valence-corrected chi connectivity index (χ2v) is 5.74. The standard InChI is InChI=1S/C16H22N2O3/c1-4-5-6-14-17-15(18-21-14)12-7-9-13(10-8-12)20-11-16(2,3)19/h7-10,19H,4-6,11H2,1-3H3. The van der Waals surface area contributed by atoms with Gasteiger partial charge in [0.05, 0.1) is 5.60 Å². The lowest BCUT2D eigenvalue weighted by Gasteiger charge is -2.17. The summed E-state index contributed by atoms with van der Waals surface area (Å²) in [6.45, 7) is 5.79. The molecular weight excluding hydrogens is 268 g/mol. The quantitative estimate of drug-likeness (QED) is 0.848. The Kier molecular flexibility index (Phi) is 4.96. The van der Waals surface area contributed by atoms with E-state index < -0.39 is 5.60 Å². The van der Waals surface area contributed by atoms with Crippen LogP contribution in [0.2, 0.25) is 0 Å². The SMILES string of the molecule is CCCCc1nc(-c2ccc(OCC(C)(C)O)cc2)no1. The Labute approximate surface area is 125 Å². The van der Waals surface area contributed by atoms with E-state index in [4.69, 9.17) is 9.26 Å². The van der Waals surface area contributed by atoms with Gasteiger partial charge in [-0.15, -0.1) is 0 Å². The van der Waals surface area contributed by atoms with Gasteiger partial charge in [0.15, 0.2) is 0 Å². The first-order valence-electron chi connectivity index (χ1n) is 7.26. The van der Waals surface area contributed by atoms with Crippen molar-refractivity contribution in [1.82, 2.24) is 10.1 Å². The Hall–Kier alpha value is -1.88. The predicted octanol–water partition coefficient (Wildman–Crippen LogP) is 3.23. The highest BCUT2D eigenvalue weighted by Gasteiger charge is 2.13. The number of unbranched alkanes of at least 4 members (excludes halogenated alkanes) is 1. The molecule has 2 aromatic rings. The highest BCUT2D eigenvalue weighted by atomic mass is 16.5. The summed E-state index contributed by atoms with van der Waals surface area (Å²) in [4.78, 5) is 4.37. The summed E-state index contributed by atoms with van der Waals surface area (Å²) in [7, 11) is 0. The number of nitrogens with zero attached hydrogens (tertiary/aromatic N) is 2. The fourth-order valence-electron chi connectivity index (χ4n) is 1.76. The van der Waals surface area contributed by atoms with Crippen LogP contribution in [0.4, 0.5) is 0 Å². The van der Waals surface area contributed by atoms with Gasteiger partial charge in [0.1, 0.15) is 12.4 Å². The average Bonchev–Trinajstić information content (AvgIpc) is 2.91. The van der Waals surface area contributed by atoms with Crippen LogP contribution in [0.5, 0.6) is 5.75 Å². The third-order valence-corrected chi connectivity index (χ3v) is 2.92. The normalized spacial score (nSPS) is 11.6. The zero-order valence-electron chi connectivity index (χ0n) is 12.8. The van der Waals surface area contributed by atoms with Crippen molar-refractivity contribution in [3.05, 3.63) is 30.2 Å². The highest BCUT2D eigenvalue weighted by molar-refractivity contribution is 5.55. The Morgan fingerprint density at radius 1 is 1.24 bits per heavy atom. The van der Waals surface area contributed by atoms with Gasteiger partial charge < -0.3 is 14.4 Å². The predicted molar refractivity (Wildman–Crippen MR) is 80.1 cm³/mol. The summed E-state index contributed by atoms with van der Waals surface area (Å²) in [6, 6.07) is 7.44. The highest BCUT2D eigenvalue weighted by Crippen LogP contribution is 2.21. The molecule has 0 aliphatic heterocycles. The van der Waals surface area contributed by atoms with E-state index in [9.17, 15) is 5.11 Å². The number of aliphatic hydroxyl groups is 1. The van der Waals surface area contributed by atoms with Crippen molar-refractivity contribution >= 4 is 0 Å². The van der Waals surface area contributed by atoms with Gasteiger partial charge in [-0.25, -0.2) is 0 Å². The van der Waals surface area contributed by atoms with E-state index in [0.717, 1.165) is 24.8 Å². The fourth-order valence-corrected chi connectivity index (χ4v) is 1.76. The second kappa shape index (κ2) is 6.72. The molecule has 0 amide bonds. The number of rotatable bonds is 7. The summed E-state index contributed by atoms with van der Waals surface area (Å²) in [5.41, 5.74) is 0.0395. The van der Waals surface area contributed by atoms with E-state index in [-0.39, 0.29) is 6.61 Å². The lowest BCUT2D eigenvalue weighted by molar-refractivity contribution is 0.0285. The molecule has 5 nitrogen and oxygen atoms in total. The van der Waals surface area contributed by atoms with Crippen molar-refractivity contribution in [1.29, 1.82) is 0 Å². The molecule has 1 aromatic heterocycles. The summed E-state index contributed by atoms with van der Waals surface area (Å²) >= 11 is 0. The van der Waals surface area contributed by atoms with Crippen LogP contribution in [0.3, 0.4) is 0 Å². The number of aromatic nitrogens is 2. The molecule has 2 rings (SSSR count). The van der Waals surface area contributed by atoms with E-state index >= 15 is 0 Å². The van der Waals surface area contributed by atoms with E-state index in [1.807, 2.05) is 24.3 Å². The molecule has 0 bridgehead atoms. The zero-order valence-corrected chi connectivity index (χ0v) is 12.8. The Morgan fingerprint density at radius 2 is 1.95 bits per heavy atom. The molecule has 5 heteroatoms. The molecule has 0 unspecified atom stereocenters. The Morgan fingerprint density at radius 3 is 2.57 bits per heavy atom. The molecule has 0 aliphatic rings. The molecule has 0 spiro atoms. The summed E-state index contributed by atoms with van der Waals surface area (Å²) in [5.74, 6) is 1.97.